The summed E-state index contributed by atoms with van der Waals surface area (Å²) in [5, 5.41) is 17.2. The summed E-state index contributed by atoms with van der Waals surface area (Å²) in [6, 6.07) is 5.83. The Balaban J connectivity index is 2.82. The topological polar surface area (TPSA) is 70.3 Å². The number of hydrogen-bond acceptors (Lipinski definition) is 3. The molecule has 0 aliphatic rings. The molecule has 0 radical (unpaired) electrons. The van der Waals surface area contributed by atoms with Gasteiger partial charge in [0.15, 0.2) is 0 Å². The van der Waals surface area contributed by atoms with Gasteiger partial charge in [-0.3, -0.25) is 0 Å². The molecule has 0 fully saturated rings. The molecule has 106 valence electrons. The molecule has 0 aliphatic carbocycles. The van der Waals surface area contributed by atoms with Gasteiger partial charge in [0.1, 0.15) is 5.75 Å². The highest BCUT2D eigenvalue weighted by molar-refractivity contribution is 9.10. The standard InChI is InChI=1S/C15H16BrNO3/c1-11-9-13(16)10-12(5-6-14(18)19)15(11)20-8-4-2-3-7-17/h5-6,9-10H,2-4,8H2,1H3,(H,18,19)/b6-5+. The highest BCUT2D eigenvalue weighted by Crippen LogP contribution is 2.29. The number of carbonyl (C=O) groups is 1. The molecule has 5 heteroatoms. The van der Waals surface area contributed by atoms with E-state index in [1.165, 1.54) is 6.08 Å². The summed E-state index contributed by atoms with van der Waals surface area (Å²) in [4.78, 5) is 10.6. The van der Waals surface area contributed by atoms with Crippen LogP contribution >= 0.6 is 15.9 Å². The van der Waals surface area contributed by atoms with Crippen LogP contribution in [0.3, 0.4) is 0 Å². The van der Waals surface area contributed by atoms with Gasteiger partial charge in [-0.05, 0) is 43.5 Å². The minimum Gasteiger partial charge on any atom is -0.493 e. The third-order valence-electron chi connectivity index (χ3n) is 2.60. The van der Waals surface area contributed by atoms with Crippen molar-refractivity contribution in [3.63, 3.8) is 0 Å². The van der Waals surface area contributed by atoms with E-state index >= 15 is 0 Å². The van der Waals surface area contributed by atoms with Crippen LogP contribution in [0.4, 0.5) is 0 Å². The molecule has 0 saturated heterocycles. The summed E-state index contributed by atoms with van der Waals surface area (Å²) < 4.78 is 6.60. The van der Waals surface area contributed by atoms with Crippen molar-refractivity contribution >= 4 is 28.0 Å². The molecule has 1 aromatic carbocycles. The van der Waals surface area contributed by atoms with Gasteiger partial charge in [-0.2, -0.15) is 5.26 Å². The first-order valence-corrected chi connectivity index (χ1v) is 7.05. The van der Waals surface area contributed by atoms with Crippen LogP contribution in [0.5, 0.6) is 5.75 Å². The van der Waals surface area contributed by atoms with E-state index in [-0.39, 0.29) is 0 Å². The Labute approximate surface area is 126 Å². The van der Waals surface area contributed by atoms with E-state index in [9.17, 15) is 4.79 Å². The van der Waals surface area contributed by atoms with Crippen LogP contribution in [0.25, 0.3) is 6.08 Å². The number of benzene rings is 1. The number of ether oxygens (including phenoxy) is 1. The van der Waals surface area contributed by atoms with Crippen LogP contribution in [0.1, 0.15) is 30.4 Å². The largest absolute Gasteiger partial charge is 0.493 e. The maximum atomic E-state index is 10.6. The van der Waals surface area contributed by atoms with Gasteiger partial charge in [0.05, 0.1) is 12.7 Å². The molecule has 0 heterocycles. The fraction of sp³-hybridized carbons (Fsp3) is 0.333. The summed E-state index contributed by atoms with van der Waals surface area (Å²) in [5.74, 6) is -0.315. The van der Waals surface area contributed by atoms with Gasteiger partial charge in [-0.15, -0.1) is 0 Å². The fourth-order valence-corrected chi connectivity index (χ4v) is 2.31. The third-order valence-corrected chi connectivity index (χ3v) is 3.06. The van der Waals surface area contributed by atoms with E-state index in [1.54, 1.807) is 0 Å². The van der Waals surface area contributed by atoms with Crippen molar-refractivity contribution < 1.29 is 14.6 Å². The molecule has 1 N–H and O–H groups in total. The molecule has 0 saturated carbocycles. The Morgan fingerprint density at radius 1 is 1.50 bits per heavy atom. The average Bonchev–Trinajstić information content (AvgIpc) is 2.38. The van der Waals surface area contributed by atoms with E-state index in [2.05, 4.69) is 22.0 Å². The first kappa shape index (κ1) is 16.3. The fourth-order valence-electron chi connectivity index (χ4n) is 1.72. The second-order valence-corrected chi connectivity index (χ2v) is 5.19. The van der Waals surface area contributed by atoms with Crippen molar-refractivity contribution in [2.75, 3.05) is 6.61 Å². The van der Waals surface area contributed by atoms with Gasteiger partial charge < -0.3 is 9.84 Å². The summed E-state index contributed by atoms with van der Waals surface area (Å²) in [7, 11) is 0. The molecule has 20 heavy (non-hydrogen) atoms. The lowest BCUT2D eigenvalue weighted by atomic mass is 10.1. The summed E-state index contributed by atoms with van der Waals surface area (Å²) in [6.45, 7) is 2.42. The maximum Gasteiger partial charge on any atom is 0.328 e. The molecule has 0 atom stereocenters. The van der Waals surface area contributed by atoms with Crippen molar-refractivity contribution in [1.29, 1.82) is 5.26 Å². The molecule has 0 unspecified atom stereocenters. The van der Waals surface area contributed by atoms with Gasteiger partial charge in [-0.1, -0.05) is 15.9 Å². The lowest BCUT2D eigenvalue weighted by molar-refractivity contribution is -0.131. The van der Waals surface area contributed by atoms with Crippen LogP contribution in [0, 0.1) is 18.3 Å². The quantitative estimate of drug-likeness (QED) is 0.604. The second-order valence-electron chi connectivity index (χ2n) is 4.28. The Bertz CT molecular complexity index is 547. The number of unbranched alkanes of at least 4 members (excludes halogenated alkanes) is 2. The van der Waals surface area contributed by atoms with Gasteiger partial charge >= 0.3 is 5.97 Å². The number of rotatable bonds is 7. The van der Waals surface area contributed by atoms with Gasteiger partial charge in [-0.25, -0.2) is 4.79 Å². The van der Waals surface area contributed by atoms with E-state index < -0.39 is 5.97 Å². The maximum absolute atomic E-state index is 10.6. The smallest absolute Gasteiger partial charge is 0.328 e. The first-order chi connectivity index (χ1) is 9.54. The van der Waals surface area contributed by atoms with Crippen molar-refractivity contribution in [1.82, 2.24) is 0 Å². The molecule has 0 amide bonds. The minimum absolute atomic E-state index is 0.512. The molecule has 0 aromatic heterocycles. The number of hydrogen-bond donors (Lipinski definition) is 1. The van der Waals surface area contributed by atoms with Crippen LogP contribution in [-0.2, 0) is 4.79 Å². The number of nitriles is 1. The highest BCUT2D eigenvalue weighted by Gasteiger charge is 2.07. The number of aliphatic carboxylic acids is 1. The molecule has 0 aliphatic heterocycles. The lowest BCUT2D eigenvalue weighted by Crippen LogP contribution is -2.01. The van der Waals surface area contributed by atoms with Crippen LogP contribution in [-0.4, -0.2) is 17.7 Å². The van der Waals surface area contributed by atoms with E-state index in [1.807, 2.05) is 19.1 Å². The summed E-state index contributed by atoms with van der Waals surface area (Å²) in [5.41, 5.74) is 1.66. The normalized spacial score (nSPS) is 10.4. The number of halogens is 1. The molecule has 0 spiro atoms. The predicted octanol–water partition coefficient (Wildman–Crippen LogP) is 3.93. The average molecular weight is 338 g/mol. The minimum atomic E-state index is -0.998. The zero-order valence-corrected chi connectivity index (χ0v) is 12.8. The number of carboxylic acid groups (broad SMARTS) is 1. The molecule has 4 nitrogen and oxygen atoms in total. The van der Waals surface area contributed by atoms with E-state index in [0.29, 0.717) is 18.8 Å². The highest BCUT2D eigenvalue weighted by atomic mass is 79.9. The second kappa shape index (κ2) is 8.39. The SMILES string of the molecule is Cc1cc(Br)cc(/C=C/C(=O)O)c1OCCCCC#N. The Hall–Kier alpha value is -1.80. The van der Waals surface area contributed by atoms with Crippen molar-refractivity contribution in [3.8, 4) is 11.8 Å². The monoisotopic (exact) mass is 337 g/mol. The van der Waals surface area contributed by atoms with Crippen LogP contribution < -0.4 is 4.74 Å². The molecular weight excluding hydrogens is 322 g/mol. The summed E-state index contributed by atoms with van der Waals surface area (Å²) in [6.07, 6.45) is 4.72. The van der Waals surface area contributed by atoms with E-state index in [4.69, 9.17) is 15.1 Å². The number of aryl methyl sites for hydroxylation is 1. The molecule has 1 rings (SSSR count). The predicted molar refractivity (Wildman–Crippen MR) is 80.5 cm³/mol. The van der Waals surface area contributed by atoms with E-state index in [0.717, 1.165) is 34.5 Å². The zero-order valence-electron chi connectivity index (χ0n) is 11.2. The van der Waals surface area contributed by atoms with Crippen LogP contribution in [0.2, 0.25) is 0 Å². The molecule has 0 bridgehead atoms. The lowest BCUT2D eigenvalue weighted by Gasteiger charge is -2.12. The van der Waals surface area contributed by atoms with Gasteiger partial charge in [0.2, 0.25) is 0 Å². The number of carboxylic acids is 1. The Kier molecular flexibility index (Phi) is 6.82. The Morgan fingerprint density at radius 3 is 2.90 bits per heavy atom. The van der Waals surface area contributed by atoms with Crippen molar-refractivity contribution in [2.24, 2.45) is 0 Å². The van der Waals surface area contributed by atoms with Crippen molar-refractivity contribution in [2.45, 2.75) is 26.2 Å². The molecular formula is C15H16BrNO3. The Morgan fingerprint density at radius 2 is 2.25 bits per heavy atom. The zero-order chi connectivity index (χ0) is 15.0. The van der Waals surface area contributed by atoms with Gasteiger partial charge in [0.25, 0.3) is 0 Å². The van der Waals surface area contributed by atoms with Gasteiger partial charge in [0, 0.05) is 22.5 Å². The third kappa shape index (κ3) is 5.45. The molecule has 1 aromatic rings. The van der Waals surface area contributed by atoms with Crippen LogP contribution in [0.15, 0.2) is 22.7 Å². The summed E-state index contributed by atoms with van der Waals surface area (Å²) >= 11 is 3.38. The van der Waals surface area contributed by atoms with Crippen molar-refractivity contribution in [3.05, 3.63) is 33.8 Å². The number of nitrogens with zero attached hydrogens (tertiary/aromatic N) is 1. The first-order valence-electron chi connectivity index (χ1n) is 6.25.